The molecule has 2 fully saturated rings. The summed E-state index contributed by atoms with van der Waals surface area (Å²) in [7, 11) is 0. The van der Waals surface area contributed by atoms with Crippen LogP contribution < -0.4 is 5.32 Å². The largest absolute Gasteiger partial charge is 0.325 e. The van der Waals surface area contributed by atoms with E-state index in [9.17, 15) is 14.0 Å². The highest BCUT2D eigenvalue weighted by Gasteiger charge is 2.52. The lowest BCUT2D eigenvalue weighted by molar-refractivity contribution is -0.133. The molecular weight excluding hydrogens is 283 g/mol. The molecule has 118 valence electrons. The zero-order valence-corrected chi connectivity index (χ0v) is 12.8. The summed E-state index contributed by atoms with van der Waals surface area (Å²) < 4.78 is 12.9. The monoisotopic (exact) mass is 304 g/mol. The first-order valence-corrected chi connectivity index (χ1v) is 7.92. The minimum Gasteiger partial charge on any atom is -0.323 e. The van der Waals surface area contributed by atoms with Gasteiger partial charge < -0.3 is 5.32 Å². The van der Waals surface area contributed by atoms with Crippen molar-refractivity contribution in [1.29, 1.82) is 0 Å². The van der Waals surface area contributed by atoms with Crippen LogP contribution in [0.15, 0.2) is 24.3 Å². The Morgan fingerprint density at radius 2 is 1.86 bits per heavy atom. The molecule has 0 atom stereocenters. The second-order valence-corrected chi connectivity index (χ2v) is 6.38. The van der Waals surface area contributed by atoms with Gasteiger partial charge in [-0.1, -0.05) is 25.5 Å². The van der Waals surface area contributed by atoms with Gasteiger partial charge in [0, 0.05) is 0 Å². The van der Waals surface area contributed by atoms with Crippen LogP contribution in [0.3, 0.4) is 0 Å². The number of benzene rings is 1. The summed E-state index contributed by atoms with van der Waals surface area (Å²) in [6.07, 6.45) is 4.52. The highest BCUT2D eigenvalue weighted by molar-refractivity contribution is 6.07. The van der Waals surface area contributed by atoms with Crippen LogP contribution in [0.2, 0.25) is 0 Å². The molecule has 1 spiro atoms. The highest BCUT2D eigenvalue weighted by atomic mass is 19.1. The van der Waals surface area contributed by atoms with E-state index in [0.717, 1.165) is 37.7 Å². The lowest BCUT2D eigenvalue weighted by Crippen LogP contribution is -2.49. The van der Waals surface area contributed by atoms with Gasteiger partial charge in [0.25, 0.3) is 5.91 Å². The smallest absolute Gasteiger partial charge is 0.323 e. The van der Waals surface area contributed by atoms with Crippen molar-refractivity contribution in [3.8, 4) is 0 Å². The van der Waals surface area contributed by atoms with Crippen LogP contribution in [0.25, 0.3) is 0 Å². The highest BCUT2D eigenvalue weighted by Crippen LogP contribution is 2.37. The van der Waals surface area contributed by atoms with Gasteiger partial charge in [-0.15, -0.1) is 0 Å². The van der Waals surface area contributed by atoms with Crippen LogP contribution in [0.1, 0.15) is 44.6 Å². The molecule has 4 nitrogen and oxygen atoms in total. The minimum absolute atomic E-state index is 0.128. The van der Waals surface area contributed by atoms with Crippen molar-refractivity contribution in [2.24, 2.45) is 5.92 Å². The van der Waals surface area contributed by atoms with Crippen molar-refractivity contribution in [3.63, 3.8) is 0 Å². The molecule has 0 aromatic heterocycles. The molecule has 22 heavy (non-hydrogen) atoms. The van der Waals surface area contributed by atoms with Crippen LogP contribution in [0.4, 0.5) is 9.18 Å². The average Bonchev–Trinajstić information content (AvgIpc) is 2.75. The van der Waals surface area contributed by atoms with Gasteiger partial charge in [0.15, 0.2) is 0 Å². The molecule has 1 aromatic rings. The van der Waals surface area contributed by atoms with E-state index in [1.165, 1.54) is 17.0 Å². The van der Waals surface area contributed by atoms with Gasteiger partial charge in [-0.3, -0.25) is 9.69 Å². The number of carbonyl (C=O) groups excluding carboxylic acids is 2. The molecule has 1 N–H and O–H groups in total. The Morgan fingerprint density at radius 3 is 2.45 bits per heavy atom. The van der Waals surface area contributed by atoms with E-state index < -0.39 is 5.54 Å². The minimum atomic E-state index is -0.706. The summed E-state index contributed by atoms with van der Waals surface area (Å²) in [5.74, 6) is 0.202. The number of urea groups is 1. The fourth-order valence-corrected chi connectivity index (χ4v) is 3.51. The lowest BCUT2D eigenvalue weighted by atomic mass is 9.75. The number of imide groups is 1. The predicted octanol–water partition coefficient (Wildman–Crippen LogP) is 3.22. The maximum atomic E-state index is 12.9. The average molecular weight is 304 g/mol. The lowest BCUT2D eigenvalue weighted by Gasteiger charge is -2.34. The number of halogens is 1. The van der Waals surface area contributed by atoms with E-state index in [1.807, 2.05) is 0 Å². The molecule has 0 bridgehead atoms. The van der Waals surface area contributed by atoms with E-state index in [4.69, 9.17) is 0 Å². The maximum Gasteiger partial charge on any atom is 0.325 e. The third-order valence-corrected chi connectivity index (χ3v) is 5.04. The fraction of sp³-hybridized carbons (Fsp3) is 0.529. The fourth-order valence-electron chi connectivity index (χ4n) is 3.51. The zero-order valence-electron chi connectivity index (χ0n) is 12.8. The second-order valence-electron chi connectivity index (χ2n) is 6.38. The van der Waals surface area contributed by atoms with Gasteiger partial charge in [0.05, 0.1) is 6.54 Å². The first-order valence-electron chi connectivity index (χ1n) is 7.92. The van der Waals surface area contributed by atoms with Gasteiger partial charge in [-0.25, -0.2) is 9.18 Å². The number of rotatable bonds is 3. The van der Waals surface area contributed by atoms with Crippen LogP contribution in [-0.4, -0.2) is 22.4 Å². The Balaban J connectivity index is 1.73. The number of carbonyl (C=O) groups is 2. The quantitative estimate of drug-likeness (QED) is 0.872. The molecule has 1 aromatic carbocycles. The normalized spacial score (nSPS) is 28.3. The number of hydrogen-bond donors (Lipinski definition) is 1. The van der Waals surface area contributed by atoms with Crippen LogP contribution in [0.5, 0.6) is 0 Å². The number of nitrogens with one attached hydrogen (secondary N) is 1. The Labute approximate surface area is 129 Å². The molecule has 2 aliphatic rings. The predicted molar refractivity (Wildman–Crippen MR) is 80.5 cm³/mol. The van der Waals surface area contributed by atoms with Gasteiger partial charge in [-0.05, 0) is 49.3 Å². The van der Waals surface area contributed by atoms with E-state index in [0.29, 0.717) is 5.92 Å². The molecule has 1 saturated heterocycles. The van der Waals surface area contributed by atoms with Crippen molar-refractivity contribution in [1.82, 2.24) is 10.2 Å². The Hall–Kier alpha value is -1.91. The third kappa shape index (κ3) is 2.60. The Morgan fingerprint density at radius 1 is 1.23 bits per heavy atom. The van der Waals surface area contributed by atoms with Crippen LogP contribution in [0, 0.1) is 11.7 Å². The van der Waals surface area contributed by atoms with Gasteiger partial charge >= 0.3 is 6.03 Å². The second kappa shape index (κ2) is 5.71. The molecule has 1 heterocycles. The van der Waals surface area contributed by atoms with Crippen LogP contribution >= 0.6 is 0 Å². The molecule has 1 aliphatic heterocycles. The van der Waals surface area contributed by atoms with Crippen molar-refractivity contribution in [3.05, 3.63) is 35.6 Å². The molecule has 1 aliphatic carbocycles. The standard InChI is InChI=1S/C17H21FN2O2/c1-2-12-7-9-17(10-8-12)15(21)20(16(22)19-17)11-13-3-5-14(18)6-4-13/h3-6,12H,2,7-11H2,1H3,(H,19,22). The maximum absolute atomic E-state index is 12.9. The number of amides is 3. The molecule has 5 heteroatoms. The van der Waals surface area contributed by atoms with Crippen molar-refractivity contribution in [2.75, 3.05) is 0 Å². The summed E-state index contributed by atoms with van der Waals surface area (Å²) in [4.78, 5) is 26.2. The van der Waals surface area contributed by atoms with Gasteiger partial charge in [0.1, 0.15) is 11.4 Å². The summed E-state index contributed by atoms with van der Waals surface area (Å²) in [6, 6.07) is 5.57. The SMILES string of the molecule is CCC1CCC2(CC1)NC(=O)N(Cc1ccc(F)cc1)C2=O. The molecule has 1 saturated carbocycles. The van der Waals surface area contributed by atoms with Crippen molar-refractivity contribution >= 4 is 11.9 Å². The van der Waals surface area contributed by atoms with Gasteiger partial charge in [0.2, 0.25) is 0 Å². The molecule has 0 unspecified atom stereocenters. The van der Waals surface area contributed by atoms with Crippen molar-refractivity contribution in [2.45, 2.75) is 51.1 Å². The number of hydrogen-bond acceptors (Lipinski definition) is 2. The molecule has 3 rings (SSSR count). The number of nitrogens with zero attached hydrogens (tertiary/aromatic N) is 1. The Bertz CT molecular complexity index is 577. The van der Waals surface area contributed by atoms with Gasteiger partial charge in [-0.2, -0.15) is 0 Å². The van der Waals surface area contributed by atoms with E-state index >= 15 is 0 Å². The Kier molecular flexibility index (Phi) is 3.89. The summed E-state index contributed by atoms with van der Waals surface area (Å²) in [5.41, 5.74) is 0.0483. The van der Waals surface area contributed by atoms with Crippen LogP contribution in [-0.2, 0) is 11.3 Å². The topological polar surface area (TPSA) is 49.4 Å². The van der Waals surface area contributed by atoms with E-state index in [1.54, 1.807) is 12.1 Å². The summed E-state index contributed by atoms with van der Waals surface area (Å²) in [6.45, 7) is 2.36. The van der Waals surface area contributed by atoms with E-state index in [-0.39, 0.29) is 24.3 Å². The first-order chi connectivity index (χ1) is 10.5. The molecule has 0 radical (unpaired) electrons. The third-order valence-electron chi connectivity index (χ3n) is 5.04. The molecular formula is C17H21FN2O2. The molecule has 3 amide bonds. The van der Waals surface area contributed by atoms with Crippen molar-refractivity contribution < 1.29 is 14.0 Å². The summed E-state index contributed by atoms with van der Waals surface area (Å²) >= 11 is 0. The first kappa shape index (κ1) is 15.0. The summed E-state index contributed by atoms with van der Waals surface area (Å²) in [5, 5.41) is 2.91. The zero-order chi connectivity index (χ0) is 15.7. The van der Waals surface area contributed by atoms with E-state index in [2.05, 4.69) is 12.2 Å².